The van der Waals surface area contributed by atoms with Crippen molar-refractivity contribution in [3.63, 3.8) is 0 Å². The van der Waals surface area contributed by atoms with Crippen LogP contribution < -0.4 is 10.6 Å². The third kappa shape index (κ3) is 3.67. The number of rotatable bonds is 5. The topological polar surface area (TPSA) is 70.6 Å². The van der Waals surface area contributed by atoms with Gasteiger partial charge in [-0.2, -0.15) is 0 Å². The lowest BCUT2D eigenvalue weighted by atomic mass is 9.85. The van der Waals surface area contributed by atoms with Crippen LogP contribution in [0.1, 0.15) is 39.0 Å². The fourth-order valence-corrected chi connectivity index (χ4v) is 2.52. The Hall–Kier alpha value is -0.650. The smallest absolute Gasteiger partial charge is 0.246 e. The van der Waals surface area contributed by atoms with Gasteiger partial charge < -0.3 is 20.5 Å². The second-order valence-electron chi connectivity index (χ2n) is 5.90. The number of hydrogen-bond donors (Lipinski definition) is 3. The maximum absolute atomic E-state index is 11.6. The molecule has 1 amide bonds. The van der Waals surface area contributed by atoms with Crippen LogP contribution in [0.2, 0.25) is 0 Å². The van der Waals surface area contributed by atoms with E-state index in [4.69, 9.17) is 4.74 Å². The summed E-state index contributed by atoms with van der Waals surface area (Å²) in [4.78, 5) is 11.6. The molecule has 0 bridgehead atoms. The van der Waals surface area contributed by atoms with Crippen molar-refractivity contribution in [3.05, 3.63) is 0 Å². The minimum atomic E-state index is -0.699. The molecule has 0 radical (unpaired) electrons. The summed E-state index contributed by atoms with van der Waals surface area (Å²) in [5.74, 6) is -0.137. The third-order valence-corrected chi connectivity index (χ3v) is 3.95. The molecule has 2 fully saturated rings. The van der Waals surface area contributed by atoms with Crippen LogP contribution >= 0.6 is 0 Å². The van der Waals surface area contributed by atoms with Crippen LogP contribution in [0.15, 0.2) is 0 Å². The van der Waals surface area contributed by atoms with Gasteiger partial charge in [0.2, 0.25) is 5.91 Å². The summed E-state index contributed by atoms with van der Waals surface area (Å²) < 4.78 is 5.54. The molecular formula is C13H24N2O3. The van der Waals surface area contributed by atoms with Crippen LogP contribution in [0, 0.1) is 0 Å². The van der Waals surface area contributed by atoms with E-state index in [2.05, 4.69) is 10.6 Å². The Morgan fingerprint density at radius 3 is 2.56 bits per heavy atom. The second-order valence-corrected chi connectivity index (χ2v) is 5.90. The van der Waals surface area contributed by atoms with Gasteiger partial charge in [0.25, 0.3) is 0 Å². The molecule has 5 heteroatoms. The standard InChI is InChI=1S/C13H24N2O3/c1-12(8-14-9-12)18-7-11(16)15-10-13(17)5-3-2-4-6-13/h14,17H,2-10H2,1H3,(H,15,16). The van der Waals surface area contributed by atoms with Gasteiger partial charge in [0.15, 0.2) is 0 Å². The van der Waals surface area contributed by atoms with E-state index >= 15 is 0 Å². The number of carbonyl (C=O) groups excluding carboxylic acids is 1. The van der Waals surface area contributed by atoms with Crippen LogP contribution in [0.5, 0.6) is 0 Å². The lowest BCUT2D eigenvalue weighted by Gasteiger charge is -2.39. The fourth-order valence-electron chi connectivity index (χ4n) is 2.52. The number of carbonyl (C=O) groups is 1. The summed E-state index contributed by atoms with van der Waals surface area (Å²) in [6.07, 6.45) is 4.86. The van der Waals surface area contributed by atoms with Crippen molar-refractivity contribution in [1.82, 2.24) is 10.6 Å². The molecule has 104 valence electrons. The van der Waals surface area contributed by atoms with Gasteiger partial charge in [-0.3, -0.25) is 4.79 Å². The summed E-state index contributed by atoms with van der Waals surface area (Å²) in [7, 11) is 0. The van der Waals surface area contributed by atoms with E-state index in [1.165, 1.54) is 6.42 Å². The van der Waals surface area contributed by atoms with E-state index in [-0.39, 0.29) is 18.1 Å². The molecule has 1 heterocycles. The Morgan fingerprint density at radius 1 is 1.33 bits per heavy atom. The van der Waals surface area contributed by atoms with E-state index < -0.39 is 5.60 Å². The highest BCUT2D eigenvalue weighted by Crippen LogP contribution is 2.27. The maximum atomic E-state index is 11.6. The van der Waals surface area contributed by atoms with E-state index in [0.29, 0.717) is 6.54 Å². The number of amides is 1. The largest absolute Gasteiger partial charge is 0.388 e. The predicted molar refractivity (Wildman–Crippen MR) is 68.3 cm³/mol. The lowest BCUT2D eigenvalue weighted by molar-refractivity contribution is -0.137. The first kappa shape index (κ1) is 13.8. The van der Waals surface area contributed by atoms with Crippen LogP contribution in [-0.2, 0) is 9.53 Å². The summed E-state index contributed by atoms with van der Waals surface area (Å²) in [5.41, 5.74) is -0.894. The Bertz CT molecular complexity index is 297. The molecule has 0 spiro atoms. The van der Waals surface area contributed by atoms with Gasteiger partial charge in [-0.05, 0) is 19.8 Å². The number of nitrogens with one attached hydrogen (secondary N) is 2. The first-order chi connectivity index (χ1) is 8.52. The zero-order chi connectivity index (χ0) is 13.1. The van der Waals surface area contributed by atoms with Gasteiger partial charge in [0, 0.05) is 19.6 Å². The second kappa shape index (κ2) is 5.55. The predicted octanol–water partition coefficient (Wildman–Crippen LogP) is 0.176. The Morgan fingerprint density at radius 2 is 2.00 bits per heavy atom. The summed E-state index contributed by atoms with van der Waals surface area (Å²) in [6, 6.07) is 0. The molecule has 1 aliphatic carbocycles. The lowest BCUT2D eigenvalue weighted by Crippen LogP contribution is -2.59. The van der Waals surface area contributed by atoms with E-state index in [1.54, 1.807) is 0 Å². The highest BCUT2D eigenvalue weighted by molar-refractivity contribution is 5.77. The Kier molecular flexibility index (Phi) is 4.25. The highest BCUT2D eigenvalue weighted by Gasteiger charge is 2.33. The molecule has 1 saturated heterocycles. The summed E-state index contributed by atoms with van der Waals surface area (Å²) in [5, 5.41) is 16.1. The molecule has 2 aliphatic rings. The molecule has 0 aromatic carbocycles. The number of ether oxygens (including phenoxy) is 1. The van der Waals surface area contributed by atoms with Gasteiger partial charge in [-0.25, -0.2) is 0 Å². The number of aliphatic hydroxyl groups is 1. The molecule has 0 unspecified atom stereocenters. The summed E-state index contributed by atoms with van der Waals surface area (Å²) >= 11 is 0. The normalized spacial score (nSPS) is 25.2. The van der Waals surface area contributed by atoms with Gasteiger partial charge >= 0.3 is 0 Å². The van der Waals surface area contributed by atoms with Gasteiger partial charge in [0.1, 0.15) is 6.61 Å². The Labute approximate surface area is 108 Å². The molecule has 5 nitrogen and oxygen atoms in total. The van der Waals surface area contributed by atoms with E-state index in [1.807, 2.05) is 6.92 Å². The molecule has 0 atom stereocenters. The van der Waals surface area contributed by atoms with Crippen LogP contribution in [-0.4, -0.2) is 48.5 Å². The molecule has 1 aliphatic heterocycles. The van der Waals surface area contributed by atoms with Gasteiger partial charge in [-0.1, -0.05) is 19.3 Å². The van der Waals surface area contributed by atoms with Crippen molar-refractivity contribution in [2.24, 2.45) is 0 Å². The Balaban J connectivity index is 1.64. The molecule has 3 N–H and O–H groups in total. The summed E-state index contributed by atoms with van der Waals surface area (Å²) in [6.45, 7) is 4.01. The fraction of sp³-hybridized carbons (Fsp3) is 0.923. The minimum Gasteiger partial charge on any atom is -0.388 e. The molecular weight excluding hydrogens is 232 g/mol. The molecule has 1 saturated carbocycles. The number of hydrogen-bond acceptors (Lipinski definition) is 4. The molecule has 18 heavy (non-hydrogen) atoms. The van der Waals surface area contributed by atoms with Crippen LogP contribution in [0.25, 0.3) is 0 Å². The van der Waals surface area contributed by atoms with Crippen molar-refractivity contribution in [2.75, 3.05) is 26.2 Å². The highest BCUT2D eigenvalue weighted by atomic mass is 16.5. The first-order valence-electron chi connectivity index (χ1n) is 6.85. The molecule has 0 aromatic rings. The monoisotopic (exact) mass is 256 g/mol. The van der Waals surface area contributed by atoms with Crippen molar-refractivity contribution in [3.8, 4) is 0 Å². The first-order valence-corrected chi connectivity index (χ1v) is 6.85. The van der Waals surface area contributed by atoms with Crippen LogP contribution in [0.3, 0.4) is 0 Å². The SMILES string of the molecule is CC1(OCC(=O)NCC2(O)CCCCC2)CNC1. The van der Waals surface area contributed by atoms with Crippen molar-refractivity contribution in [2.45, 2.75) is 50.2 Å². The van der Waals surface area contributed by atoms with Gasteiger partial charge in [-0.15, -0.1) is 0 Å². The van der Waals surface area contributed by atoms with E-state index in [0.717, 1.165) is 38.8 Å². The molecule has 0 aromatic heterocycles. The minimum absolute atomic E-state index is 0.0776. The van der Waals surface area contributed by atoms with Crippen LogP contribution in [0.4, 0.5) is 0 Å². The average molecular weight is 256 g/mol. The van der Waals surface area contributed by atoms with E-state index in [9.17, 15) is 9.90 Å². The average Bonchev–Trinajstić information content (AvgIpc) is 2.32. The maximum Gasteiger partial charge on any atom is 0.246 e. The van der Waals surface area contributed by atoms with Crippen molar-refractivity contribution in [1.29, 1.82) is 0 Å². The van der Waals surface area contributed by atoms with Crippen molar-refractivity contribution < 1.29 is 14.6 Å². The zero-order valence-corrected chi connectivity index (χ0v) is 11.1. The zero-order valence-electron chi connectivity index (χ0n) is 11.1. The quantitative estimate of drug-likeness (QED) is 0.656. The van der Waals surface area contributed by atoms with Gasteiger partial charge in [0.05, 0.1) is 11.2 Å². The molecule has 2 rings (SSSR count). The van der Waals surface area contributed by atoms with Crippen molar-refractivity contribution >= 4 is 5.91 Å². The third-order valence-electron chi connectivity index (χ3n) is 3.95.